The Morgan fingerprint density at radius 1 is 1.25 bits per heavy atom. The zero-order valence-corrected chi connectivity index (χ0v) is 10.1. The first-order chi connectivity index (χ1) is 9.32. The third kappa shape index (κ3) is 2.28. The number of nitrogens with two attached hydrogens (primary N) is 1. The molecule has 0 bridgehead atoms. The Morgan fingerprint density at radius 3 is 2.35 bits per heavy atom. The topological polar surface area (TPSA) is 83.6 Å². The van der Waals surface area contributed by atoms with Gasteiger partial charge in [-0.15, -0.1) is 0 Å². The summed E-state index contributed by atoms with van der Waals surface area (Å²) in [7, 11) is 0. The lowest BCUT2D eigenvalue weighted by atomic mass is 9.95. The van der Waals surface area contributed by atoms with Gasteiger partial charge in [-0.25, -0.2) is 18.0 Å². The van der Waals surface area contributed by atoms with Gasteiger partial charge in [0.1, 0.15) is 11.9 Å². The van der Waals surface area contributed by atoms with Crippen molar-refractivity contribution in [3.05, 3.63) is 35.1 Å². The molecule has 0 spiro atoms. The molecule has 108 valence electrons. The minimum absolute atomic E-state index is 0.182. The van der Waals surface area contributed by atoms with Gasteiger partial charge in [-0.1, -0.05) is 0 Å². The molecule has 0 saturated carbocycles. The predicted molar refractivity (Wildman–Crippen MR) is 61.4 cm³/mol. The fraction of sp³-hybridized carbons (Fsp3) is 0.333. The van der Waals surface area contributed by atoms with Crippen molar-refractivity contribution in [1.29, 1.82) is 0 Å². The Hall–Kier alpha value is -2.25. The maximum Gasteiger partial charge on any atom is 0.407 e. The lowest BCUT2D eigenvalue weighted by Gasteiger charge is -2.17. The van der Waals surface area contributed by atoms with Crippen LogP contribution in [0.15, 0.2) is 12.1 Å². The Morgan fingerprint density at radius 2 is 1.85 bits per heavy atom. The Labute approximate surface area is 111 Å². The van der Waals surface area contributed by atoms with E-state index in [4.69, 9.17) is 10.8 Å². The summed E-state index contributed by atoms with van der Waals surface area (Å²) in [6.07, 6.45) is -1.60. The van der Waals surface area contributed by atoms with Crippen LogP contribution in [0.5, 0.6) is 0 Å². The van der Waals surface area contributed by atoms with Crippen molar-refractivity contribution in [2.75, 3.05) is 6.54 Å². The van der Waals surface area contributed by atoms with E-state index in [1.165, 1.54) is 0 Å². The van der Waals surface area contributed by atoms with Crippen LogP contribution in [-0.2, 0) is 4.79 Å². The lowest BCUT2D eigenvalue weighted by Crippen LogP contribution is -2.42. The number of likely N-dealkylation sites (tertiary alicyclic amines) is 1. The van der Waals surface area contributed by atoms with Crippen LogP contribution < -0.4 is 5.73 Å². The smallest absolute Gasteiger partial charge is 0.407 e. The molecule has 20 heavy (non-hydrogen) atoms. The normalized spacial score (nSPS) is 22.1. The first kappa shape index (κ1) is 14.2. The second kappa shape index (κ2) is 5.03. The van der Waals surface area contributed by atoms with Crippen molar-refractivity contribution in [3.63, 3.8) is 0 Å². The molecule has 1 unspecified atom stereocenters. The van der Waals surface area contributed by atoms with Crippen LogP contribution in [0.2, 0.25) is 0 Å². The Balaban J connectivity index is 2.39. The van der Waals surface area contributed by atoms with Crippen molar-refractivity contribution in [2.24, 2.45) is 5.73 Å². The van der Waals surface area contributed by atoms with E-state index < -0.39 is 47.0 Å². The molecule has 0 radical (unpaired) electrons. The molecule has 1 saturated heterocycles. The van der Waals surface area contributed by atoms with Crippen molar-refractivity contribution in [3.8, 4) is 0 Å². The van der Waals surface area contributed by atoms with Gasteiger partial charge in [-0.2, -0.15) is 0 Å². The number of benzene rings is 1. The van der Waals surface area contributed by atoms with Crippen LogP contribution >= 0.6 is 0 Å². The SMILES string of the molecule is NC(=O)C1C[C@H](c2c(F)ccc(F)c2F)CN1C(=O)O. The van der Waals surface area contributed by atoms with Crippen LogP contribution in [0.1, 0.15) is 17.9 Å². The van der Waals surface area contributed by atoms with Gasteiger partial charge in [0, 0.05) is 18.0 Å². The zero-order valence-electron chi connectivity index (χ0n) is 10.1. The first-order valence-corrected chi connectivity index (χ1v) is 5.75. The fourth-order valence-electron chi connectivity index (χ4n) is 2.44. The molecule has 1 fully saturated rings. The van der Waals surface area contributed by atoms with Gasteiger partial charge in [0.25, 0.3) is 0 Å². The number of rotatable bonds is 2. The molecule has 1 aliphatic heterocycles. The van der Waals surface area contributed by atoms with Crippen molar-refractivity contribution >= 4 is 12.0 Å². The average molecular weight is 288 g/mol. The van der Waals surface area contributed by atoms with Crippen LogP contribution in [0, 0.1) is 17.5 Å². The molecule has 0 aromatic heterocycles. The van der Waals surface area contributed by atoms with E-state index in [0.717, 1.165) is 6.07 Å². The third-order valence-electron chi connectivity index (χ3n) is 3.36. The molecule has 2 amide bonds. The number of carboxylic acid groups (broad SMARTS) is 1. The maximum atomic E-state index is 13.7. The summed E-state index contributed by atoms with van der Waals surface area (Å²) in [5.74, 6) is -5.45. The molecule has 1 aromatic rings. The molecule has 1 aromatic carbocycles. The standard InChI is InChI=1S/C12H11F3N2O3/c13-6-1-2-7(14)10(15)9(6)5-3-8(11(16)18)17(4-5)12(19)20/h1-2,5,8H,3-4H2,(H2,16,18)(H,19,20)/t5-,8?/m0/s1. The number of amides is 2. The summed E-state index contributed by atoms with van der Waals surface area (Å²) in [6.45, 7) is -0.319. The quantitative estimate of drug-likeness (QED) is 0.807. The molecule has 5 nitrogen and oxygen atoms in total. The van der Waals surface area contributed by atoms with Crippen molar-refractivity contribution in [2.45, 2.75) is 18.4 Å². The number of carbonyl (C=O) groups is 2. The molecule has 2 atom stereocenters. The summed E-state index contributed by atoms with van der Waals surface area (Å²) in [4.78, 5) is 22.9. The molecule has 1 heterocycles. The molecule has 1 aliphatic rings. The Kier molecular flexibility index (Phi) is 3.56. The van der Waals surface area contributed by atoms with E-state index in [-0.39, 0.29) is 13.0 Å². The second-order valence-electron chi connectivity index (χ2n) is 4.54. The summed E-state index contributed by atoms with van der Waals surface area (Å²) in [5.41, 5.74) is 4.51. The monoisotopic (exact) mass is 288 g/mol. The molecule has 2 rings (SSSR count). The minimum atomic E-state index is -1.42. The van der Waals surface area contributed by atoms with Gasteiger partial charge >= 0.3 is 6.09 Å². The highest BCUT2D eigenvalue weighted by Crippen LogP contribution is 2.35. The summed E-state index contributed by atoms with van der Waals surface area (Å²) in [5, 5.41) is 8.95. The second-order valence-corrected chi connectivity index (χ2v) is 4.54. The van der Waals surface area contributed by atoms with E-state index in [2.05, 4.69) is 0 Å². The van der Waals surface area contributed by atoms with E-state index >= 15 is 0 Å². The van der Waals surface area contributed by atoms with E-state index in [1.807, 2.05) is 0 Å². The number of hydrogen-bond donors (Lipinski definition) is 2. The molecular weight excluding hydrogens is 277 g/mol. The first-order valence-electron chi connectivity index (χ1n) is 5.75. The van der Waals surface area contributed by atoms with Gasteiger partial charge in [-0.3, -0.25) is 9.69 Å². The van der Waals surface area contributed by atoms with Crippen molar-refractivity contribution in [1.82, 2.24) is 4.90 Å². The van der Waals surface area contributed by atoms with Crippen LogP contribution in [0.25, 0.3) is 0 Å². The number of carbonyl (C=O) groups excluding carboxylic acids is 1. The van der Waals surface area contributed by atoms with Gasteiger partial charge < -0.3 is 10.8 Å². The molecule has 3 N–H and O–H groups in total. The van der Waals surface area contributed by atoms with Gasteiger partial charge in [-0.05, 0) is 18.6 Å². The lowest BCUT2D eigenvalue weighted by molar-refractivity contribution is -0.121. The predicted octanol–water partition coefficient (Wildman–Crippen LogP) is 1.43. The largest absolute Gasteiger partial charge is 0.465 e. The Bertz CT molecular complexity index is 557. The van der Waals surface area contributed by atoms with Crippen molar-refractivity contribution < 1.29 is 27.9 Å². The third-order valence-corrected chi connectivity index (χ3v) is 3.36. The highest BCUT2D eigenvalue weighted by atomic mass is 19.2. The highest BCUT2D eigenvalue weighted by Gasteiger charge is 2.41. The van der Waals surface area contributed by atoms with E-state index in [1.54, 1.807) is 0 Å². The number of nitrogens with zero attached hydrogens (tertiary/aromatic N) is 1. The molecule has 0 aliphatic carbocycles. The highest BCUT2D eigenvalue weighted by molar-refractivity contribution is 5.84. The van der Waals surface area contributed by atoms with Crippen LogP contribution in [-0.4, -0.2) is 34.6 Å². The minimum Gasteiger partial charge on any atom is -0.465 e. The summed E-state index contributed by atoms with van der Waals surface area (Å²) in [6, 6.07) is 0.222. The van der Waals surface area contributed by atoms with Crippen LogP contribution in [0.3, 0.4) is 0 Å². The number of halogens is 3. The van der Waals surface area contributed by atoms with E-state index in [9.17, 15) is 22.8 Å². The molecular formula is C12H11F3N2O3. The number of hydrogen-bond acceptors (Lipinski definition) is 2. The summed E-state index contributed by atoms with van der Waals surface area (Å²) >= 11 is 0. The number of primary amides is 1. The van der Waals surface area contributed by atoms with Gasteiger partial charge in [0.15, 0.2) is 11.6 Å². The summed E-state index contributed by atoms with van der Waals surface area (Å²) < 4.78 is 40.5. The maximum absolute atomic E-state index is 13.7. The van der Waals surface area contributed by atoms with E-state index in [0.29, 0.717) is 11.0 Å². The van der Waals surface area contributed by atoms with Gasteiger partial charge in [0.05, 0.1) is 0 Å². The van der Waals surface area contributed by atoms with Crippen LogP contribution in [0.4, 0.5) is 18.0 Å². The average Bonchev–Trinajstić information content (AvgIpc) is 2.79. The fourth-order valence-corrected chi connectivity index (χ4v) is 2.44. The molecule has 8 heteroatoms. The zero-order chi connectivity index (χ0) is 15.0. The van der Waals surface area contributed by atoms with Gasteiger partial charge in [0.2, 0.25) is 5.91 Å².